The molecule has 2 nitrogen and oxygen atoms in total. The standard InChI is InChI=1S/C10H7BrFNOS/c11-9-2-1-6(12)3-8(9)10-13-4-7(5-14)15-10/h1-4,14H,5H2. The van der Waals surface area contributed by atoms with Gasteiger partial charge in [0.15, 0.2) is 0 Å². The van der Waals surface area contributed by atoms with E-state index >= 15 is 0 Å². The van der Waals surface area contributed by atoms with Crippen LogP contribution in [0.25, 0.3) is 10.6 Å². The zero-order valence-corrected chi connectivity index (χ0v) is 9.98. The maximum atomic E-state index is 13.0. The first kappa shape index (κ1) is 10.7. The molecule has 0 atom stereocenters. The van der Waals surface area contributed by atoms with Gasteiger partial charge in [-0.25, -0.2) is 9.37 Å². The fourth-order valence-corrected chi connectivity index (χ4v) is 2.53. The van der Waals surface area contributed by atoms with Crippen molar-refractivity contribution >= 4 is 27.3 Å². The molecule has 78 valence electrons. The minimum absolute atomic E-state index is 0.0371. The van der Waals surface area contributed by atoms with Gasteiger partial charge in [-0.1, -0.05) is 15.9 Å². The van der Waals surface area contributed by atoms with E-state index in [1.807, 2.05) is 0 Å². The highest BCUT2D eigenvalue weighted by molar-refractivity contribution is 9.10. The van der Waals surface area contributed by atoms with Gasteiger partial charge in [-0.2, -0.15) is 0 Å². The van der Waals surface area contributed by atoms with Crippen LogP contribution in [0.1, 0.15) is 4.88 Å². The summed E-state index contributed by atoms with van der Waals surface area (Å²) in [7, 11) is 0. The Hall–Kier alpha value is -0.780. The van der Waals surface area contributed by atoms with Gasteiger partial charge in [-0.3, -0.25) is 0 Å². The van der Waals surface area contributed by atoms with Crippen LogP contribution in [0.15, 0.2) is 28.9 Å². The van der Waals surface area contributed by atoms with E-state index < -0.39 is 0 Å². The van der Waals surface area contributed by atoms with Crippen LogP contribution < -0.4 is 0 Å². The SMILES string of the molecule is OCc1cnc(-c2cc(F)ccc2Br)s1. The van der Waals surface area contributed by atoms with Gasteiger partial charge >= 0.3 is 0 Å². The number of hydrogen-bond acceptors (Lipinski definition) is 3. The molecule has 0 aliphatic rings. The quantitative estimate of drug-likeness (QED) is 0.920. The molecule has 0 aliphatic heterocycles. The molecule has 0 spiro atoms. The summed E-state index contributed by atoms with van der Waals surface area (Å²) in [6.07, 6.45) is 1.59. The highest BCUT2D eigenvalue weighted by Gasteiger charge is 2.08. The summed E-state index contributed by atoms with van der Waals surface area (Å²) in [6.45, 7) is -0.0371. The lowest BCUT2D eigenvalue weighted by Crippen LogP contribution is -1.80. The van der Waals surface area contributed by atoms with Crippen LogP contribution in [0.5, 0.6) is 0 Å². The van der Waals surface area contributed by atoms with E-state index in [-0.39, 0.29) is 12.4 Å². The van der Waals surface area contributed by atoms with Crippen molar-refractivity contribution in [1.82, 2.24) is 4.98 Å². The largest absolute Gasteiger partial charge is 0.391 e. The van der Waals surface area contributed by atoms with Crippen LogP contribution in [-0.4, -0.2) is 10.1 Å². The Kier molecular flexibility index (Phi) is 3.14. The molecule has 5 heteroatoms. The lowest BCUT2D eigenvalue weighted by Gasteiger charge is -1.99. The summed E-state index contributed by atoms with van der Waals surface area (Å²) in [6, 6.07) is 4.45. The highest BCUT2D eigenvalue weighted by atomic mass is 79.9. The first-order valence-corrected chi connectivity index (χ1v) is 5.82. The number of aliphatic hydroxyl groups is 1. The molecular formula is C10H7BrFNOS. The number of nitrogens with zero attached hydrogens (tertiary/aromatic N) is 1. The van der Waals surface area contributed by atoms with Gasteiger partial charge in [0.05, 0.1) is 11.5 Å². The van der Waals surface area contributed by atoms with Crippen LogP contribution >= 0.6 is 27.3 Å². The fraction of sp³-hybridized carbons (Fsp3) is 0.100. The van der Waals surface area contributed by atoms with Gasteiger partial charge in [0, 0.05) is 16.2 Å². The summed E-state index contributed by atoms with van der Waals surface area (Å²) in [5, 5.41) is 9.61. The van der Waals surface area contributed by atoms with E-state index in [2.05, 4.69) is 20.9 Å². The first-order valence-electron chi connectivity index (χ1n) is 4.21. The second kappa shape index (κ2) is 4.38. The Morgan fingerprint density at radius 1 is 1.47 bits per heavy atom. The molecule has 1 aromatic carbocycles. The number of benzene rings is 1. The van der Waals surface area contributed by atoms with Gasteiger partial charge in [-0.15, -0.1) is 11.3 Å². The van der Waals surface area contributed by atoms with E-state index in [0.29, 0.717) is 10.6 Å². The number of halogens is 2. The van der Waals surface area contributed by atoms with Crippen molar-refractivity contribution in [2.75, 3.05) is 0 Å². The van der Waals surface area contributed by atoms with Crippen molar-refractivity contribution in [3.05, 3.63) is 39.6 Å². The summed E-state index contributed by atoms with van der Waals surface area (Å²) in [4.78, 5) is 4.89. The number of hydrogen-bond donors (Lipinski definition) is 1. The Labute approximate surface area is 98.5 Å². The van der Waals surface area contributed by atoms with Crippen molar-refractivity contribution in [2.45, 2.75) is 6.61 Å². The molecule has 0 unspecified atom stereocenters. The third-order valence-electron chi connectivity index (χ3n) is 1.87. The van der Waals surface area contributed by atoms with E-state index in [1.165, 1.54) is 23.5 Å². The number of rotatable bonds is 2. The zero-order valence-electron chi connectivity index (χ0n) is 7.58. The van der Waals surface area contributed by atoms with Gasteiger partial charge in [0.25, 0.3) is 0 Å². The maximum absolute atomic E-state index is 13.0. The van der Waals surface area contributed by atoms with E-state index in [9.17, 15) is 4.39 Å². The highest BCUT2D eigenvalue weighted by Crippen LogP contribution is 2.31. The van der Waals surface area contributed by atoms with E-state index in [4.69, 9.17) is 5.11 Å². The zero-order chi connectivity index (χ0) is 10.8. The van der Waals surface area contributed by atoms with E-state index in [1.54, 1.807) is 12.3 Å². The molecule has 2 aromatic rings. The van der Waals surface area contributed by atoms with Crippen LogP contribution in [-0.2, 0) is 6.61 Å². The summed E-state index contributed by atoms with van der Waals surface area (Å²) in [5.74, 6) is -0.297. The molecule has 0 fully saturated rings. The fourth-order valence-electron chi connectivity index (χ4n) is 1.17. The molecule has 0 amide bonds. The minimum atomic E-state index is -0.297. The lowest BCUT2D eigenvalue weighted by molar-refractivity contribution is 0.285. The maximum Gasteiger partial charge on any atom is 0.124 e. The minimum Gasteiger partial charge on any atom is -0.391 e. The average Bonchev–Trinajstić information content (AvgIpc) is 2.70. The third kappa shape index (κ3) is 2.25. The molecule has 2 rings (SSSR count). The van der Waals surface area contributed by atoms with Crippen LogP contribution in [0.2, 0.25) is 0 Å². The molecule has 0 saturated carbocycles. The van der Waals surface area contributed by atoms with Crippen LogP contribution in [0.4, 0.5) is 4.39 Å². The molecule has 1 aromatic heterocycles. The van der Waals surface area contributed by atoms with Gasteiger partial charge < -0.3 is 5.11 Å². The first-order chi connectivity index (χ1) is 7.20. The normalized spacial score (nSPS) is 10.6. The predicted molar refractivity (Wildman–Crippen MR) is 61.1 cm³/mol. The monoisotopic (exact) mass is 287 g/mol. The topological polar surface area (TPSA) is 33.1 Å². The molecule has 15 heavy (non-hydrogen) atoms. The van der Waals surface area contributed by atoms with E-state index in [0.717, 1.165) is 9.35 Å². The Morgan fingerprint density at radius 3 is 2.93 bits per heavy atom. The van der Waals surface area contributed by atoms with Gasteiger partial charge in [0.1, 0.15) is 10.8 Å². The average molecular weight is 288 g/mol. The Bertz CT molecular complexity index is 486. The molecule has 0 aliphatic carbocycles. The van der Waals surface area contributed by atoms with Crippen molar-refractivity contribution < 1.29 is 9.50 Å². The number of aliphatic hydroxyl groups excluding tert-OH is 1. The third-order valence-corrected chi connectivity index (χ3v) is 3.58. The smallest absolute Gasteiger partial charge is 0.124 e. The molecule has 0 bridgehead atoms. The lowest BCUT2D eigenvalue weighted by atomic mass is 10.2. The summed E-state index contributed by atoms with van der Waals surface area (Å²) >= 11 is 4.69. The van der Waals surface area contributed by atoms with Crippen molar-refractivity contribution in [2.24, 2.45) is 0 Å². The second-order valence-electron chi connectivity index (χ2n) is 2.91. The summed E-state index contributed by atoms with van der Waals surface area (Å²) < 4.78 is 13.8. The molecular weight excluding hydrogens is 281 g/mol. The van der Waals surface area contributed by atoms with Crippen molar-refractivity contribution in [3.8, 4) is 10.6 Å². The van der Waals surface area contributed by atoms with Gasteiger partial charge in [-0.05, 0) is 18.2 Å². The molecule has 1 heterocycles. The summed E-state index contributed by atoms with van der Waals surface area (Å²) in [5.41, 5.74) is 0.708. The Morgan fingerprint density at radius 2 is 2.27 bits per heavy atom. The molecule has 1 N–H and O–H groups in total. The number of thiazole rings is 1. The predicted octanol–water partition coefficient (Wildman–Crippen LogP) is 3.20. The molecule has 0 saturated heterocycles. The van der Waals surface area contributed by atoms with Crippen molar-refractivity contribution in [1.29, 1.82) is 0 Å². The van der Waals surface area contributed by atoms with Crippen molar-refractivity contribution in [3.63, 3.8) is 0 Å². The number of aromatic nitrogens is 1. The van der Waals surface area contributed by atoms with Gasteiger partial charge in [0.2, 0.25) is 0 Å². The second-order valence-corrected chi connectivity index (χ2v) is 4.88. The van der Waals surface area contributed by atoms with Crippen LogP contribution in [0.3, 0.4) is 0 Å². The van der Waals surface area contributed by atoms with Crippen LogP contribution in [0, 0.1) is 5.82 Å². The molecule has 0 radical (unpaired) electrons. The Balaban J connectivity index is 2.48.